The maximum absolute atomic E-state index is 12.5. The second kappa shape index (κ2) is 7.28. The van der Waals surface area contributed by atoms with Crippen LogP contribution in [-0.4, -0.2) is 31.2 Å². The third kappa shape index (κ3) is 3.45. The number of amides is 1. The first kappa shape index (κ1) is 18.7. The second-order valence-corrected chi connectivity index (χ2v) is 6.19. The van der Waals surface area contributed by atoms with Crippen LogP contribution in [0.25, 0.3) is 11.2 Å². The molecule has 1 amide bonds. The molecule has 0 aliphatic rings. The normalized spacial score (nSPS) is 11.0. The standard InChI is InChI=1S/C17H18ClN5O4/c1-4-27-11-7-5-10(6-8-11)19-12(24)9-23-13-14(20-16(23)18)21(2)17(26)22(3)15(13)25/h5-8H,4,9H2,1-3H3,(H,19,24). The van der Waals surface area contributed by atoms with Gasteiger partial charge in [0.25, 0.3) is 5.56 Å². The van der Waals surface area contributed by atoms with Crippen LogP contribution in [0.15, 0.2) is 33.9 Å². The van der Waals surface area contributed by atoms with Gasteiger partial charge in [0.2, 0.25) is 11.2 Å². The Bertz CT molecular complexity index is 1130. The van der Waals surface area contributed by atoms with Crippen LogP contribution in [0.1, 0.15) is 6.92 Å². The number of carbonyl (C=O) groups is 1. The average Bonchev–Trinajstić information content (AvgIpc) is 2.96. The van der Waals surface area contributed by atoms with Gasteiger partial charge < -0.3 is 10.1 Å². The molecule has 0 spiro atoms. The fourth-order valence-electron chi connectivity index (χ4n) is 2.71. The van der Waals surface area contributed by atoms with Crippen LogP contribution < -0.4 is 21.3 Å². The number of benzene rings is 1. The summed E-state index contributed by atoms with van der Waals surface area (Å²) in [6.07, 6.45) is 0. The average molecular weight is 392 g/mol. The first-order valence-electron chi connectivity index (χ1n) is 8.18. The SMILES string of the molecule is CCOc1ccc(NC(=O)Cn2c(Cl)nc3c2c(=O)n(C)c(=O)n3C)cc1. The van der Waals surface area contributed by atoms with E-state index >= 15 is 0 Å². The van der Waals surface area contributed by atoms with E-state index in [0.29, 0.717) is 18.0 Å². The molecule has 3 aromatic rings. The molecule has 0 atom stereocenters. The van der Waals surface area contributed by atoms with Crippen LogP contribution in [0.5, 0.6) is 5.75 Å². The molecule has 2 aromatic heterocycles. The largest absolute Gasteiger partial charge is 0.494 e. The van der Waals surface area contributed by atoms with Gasteiger partial charge in [0.05, 0.1) is 6.61 Å². The van der Waals surface area contributed by atoms with Gasteiger partial charge in [0.1, 0.15) is 12.3 Å². The van der Waals surface area contributed by atoms with Crippen molar-refractivity contribution in [2.24, 2.45) is 14.1 Å². The lowest BCUT2D eigenvalue weighted by Gasteiger charge is -2.09. The molecule has 1 aromatic carbocycles. The molecule has 0 bridgehead atoms. The molecule has 0 aliphatic carbocycles. The van der Waals surface area contributed by atoms with E-state index in [9.17, 15) is 14.4 Å². The molecule has 3 rings (SSSR count). The Morgan fingerprint density at radius 1 is 1.19 bits per heavy atom. The molecule has 0 fully saturated rings. The number of halogens is 1. The molecule has 0 aliphatic heterocycles. The van der Waals surface area contributed by atoms with Gasteiger partial charge in [-0.05, 0) is 42.8 Å². The van der Waals surface area contributed by atoms with Gasteiger partial charge >= 0.3 is 5.69 Å². The zero-order chi connectivity index (χ0) is 19.7. The number of nitrogens with zero attached hydrogens (tertiary/aromatic N) is 4. The molecule has 0 saturated heterocycles. The van der Waals surface area contributed by atoms with E-state index in [4.69, 9.17) is 16.3 Å². The maximum atomic E-state index is 12.5. The smallest absolute Gasteiger partial charge is 0.332 e. The highest BCUT2D eigenvalue weighted by Crippen LogP contribution is 2.18. The van der Waals surface area contributed by atoms with E-state index < -0.39 is 17.2 Å². The molecular formula is C17H18ClN5O4. The number of aryl methyl sites for hydroxylation is 1. The molecular weight excluding hydrogens is 374 g/mol. The monoisotopic (exact) mass is 391 g/mol. The van der Waals surface area contributed by atoms with Crippen molar-refractivity contribution in [3.05, 3.63) is 50.4 Å². The van der Waals surface area contributed by atoms with Gasteiger partial charge in [-0.1, -0.05) is 0 Å². The van der Waals surface area contributed by atoms with Gasteiger partial charge in [0.15, 0.2) is 11.2 Å². The molecule has 0 saturated carbocycles. The number of ether oxygens (including phenoxy) is 1. The van der Waals surface area contributed by atoms with Crippen LogP contribution in [0, 0.1) is 0 Å². The van der Waals surface area contributed by atoms with Crippen LogP contribution >= 0.6 is 11.6 Å². The van der Waals surface area contributed by atoms with E-state index in [-0.39, 0.29) is 23.0 Å². The van der Waals surface area contributed by atoms with E-state index in [1.54, 1.807) is 24.3 Å². The quantitative estimate of drug-likeness (QED) is 0.657. The fraction of sp³-hybridized carbons (Fsp3) is 0.294. The van der Waals surface area contributed by atoms with Crippen LogP contribution in [0.3, 0.4) is 0 Å². The lowest BCUT2D eigenvalue weighted by molar-refractivity contribution is -0.116. The van der Waals surface area contributed by atoms with Crippen molar-refractivity contribution in [2.45, 2.75) is 13.5 Å². The fourth-order valence-corrected chi connectivity index (χ4v) is 2.93. The maximum Gasteiger partial charge on any atom is 0.332 e. The summed E-state index contributed by atoms with van der Waals surface area (Å²) in [7, 11) is 2.84. The van der Waals surface area contributed by atoms with Gasteiger partial charge in [-0.25, -0.2) is 4.79 Å². The van der Waals surface area contributed by atoms with Gasteiger partial charge in [-0.15, -0.1) is 0 Å². The first-order valence-corrected chi connectivity index (χ1v) is 8.55. The highest BCUT2D eigenvalue weighted by atomic mass is 35.5. The molecule has 0 radical (unpaired) electrons. The number of aromatic nitrogens is 4. The van der Waals surface area contributed by atoms with E-state index in [1.807, 2.05) is 6.92 Å². The summed E-state index contributed by atoms with van der Waals surface area (Å²) >= 11 is 6.11. The summed E-state index contributed by atoms with van der Waals surface area (Å²) in [4.78, 5) is 40.9. The van der Waals surface area contributed by atoms with E-state index in [0.717, 1.165) is 4.57 Å². The van der Waals surface area contributed by atoms with E-state index in [2.05, 4.69) is 10.3 Å². The molecule has 1 N–H and O–H groups in total. The number of hydrogen-bond donors (Lipinski definition) is 1. The minimum atomic E-state index is -0.568. The summed E-state index contributed by atoms with van der Waals surface area (Å²) in [5.41, 5.74) is -0.299. The predicted molar refractivity (Wildman–Crippen MR) is 101 cm³/mol. The van der Waals surface area contributed by atoms with Crippen molar-refractivity contribution in [3.63, 3.8) is 0 Å². The molecule has 27 heavy (non-hydrogen) atoms. The van der Waals surface area contributed by atoms with Crippen molar-refractivity contribution in [2.75, 3.05) is 11.9 Å². The Labute approximate surface area is 158 Å². The Hall–Kier alpha value is -3.07. The minimum Gasteiger partial charge on any atom is -0.494 e. The van der Waals surface area contributed by atoms with Crippen molar-refractivity contribution in [1.29, 1.82) is 0 Å². The molecule has 2 heterocycles. The highest BCUT2D eigenvalue weighted by Gasteiger charge is 2.19. The number of nitrogens with one attached hydrogen (secondary N) is 1. The van der Waals surface area contributed by atoms with Crippen LogP contribution in [0.4, 0.5) is 5.69 Å². The minimum absolute atomic E-state index is 0.0508. The lowest BCUT2D eigenvalue weighted by Crippen LogP contribution is -2.37. The van der Waals surface area contributed by atoms with Gasteiger partial charge in [-0.2, -0.15) is 4.98 Å². The highest BCUT2D eigenvalue weighted by molar-refractivity contribution is 6.29. The first-order chi connectivity index (χ1) is 12.8. The molecule has 0 unspecified atom stereocenters. The van der Waals surface area contributed by atoms with Crippen molar-refractivity contribution in [1.82, 2.24) is 18.7 Å². The molecule has 10 heteroatoms. The summed E-state index contributed by atoms with van der Waals surface area (Å²) in [5.74, 6) is 0.305. The predicted octanol–water partition coefficient (Wildman–Crippen LogP) is 1.12. The zero-order valence-corrected chi connectivity index (χ0v) is 15.8. The number of carbonyl (C=O) groups excluding carboxylic acids is 1. The summed E-state index contributed by atoms with van der Waals surface area (Å²) in [6.45, 7) is 2.21. The third-order valence-electron chi connectivity index (χ3n) is 4.05. The van der Waals surface area contributed by atoms with E-state index in [1.165, 1.54) is 23.2 Å². The molecule has 9 nitrogen and oxygen atoms in total. The topological polar surface area (TPSA) is 100 Å². The van der Waals surface area contributed by atoms with Crippen molar-refractivity contribution in [3.8, 4) is 5.75 Å². The summed E-state index contributed by atoms with van der Waals surface area (Å²) < 4.78 is 8.79. The van der Waals surface area contributed by atoms with Crippen molar-refractivity contribution >= 4 is 34.4 Å². The lowest BCUT2D eigenvalue weighted by atomic mass is 10.3. The summed E-state index contributed by atoms with van der Waals surface area (Å²) in [6, 6.07) is 6.90. The third-order valence-corrected chi connectivity index (χ3v) is 4.34. The summed E-state index contributed by atoms with van der Waals surface area (Å²) in [5, 5.41) is 2.67. The van der Waals surface area contributed by atoms with Gasteiger partial charge in [-0.3, -0.25) is 23.3 Å². The zero-order valence-electron chi connectivity index (χ0n) is 15.0. The molecule has 142 valence electrons. The number of anilines is 1. The number of rotatable bonds is 5. The Balaban J connectivity index is 1.90. The second-order valence-electron chi connectivity index (χ2n) is 5.85. The van der Waals surface area contributed by atoms with Crippen LogP contribution in [-0.2, 0) is 25.4 Å². The number of hydrogen-bond acceptors (Lipinski definition) is 5. The van der Waals surface area contributed by atoms with Gasteiger partial charge in [0, 0.05) is 19.8 Å². The number of imidazole rings is 1. The van der Waals surface area contributed by atoms with Crippen molar-refractivity contribution < 1.29 is 9.53 Å². The Morgan fingerprint density at radius 2 is 1.85 bits per heavy atom. The Kier molecular flexibility index (Phi) is 5.04. The number of fused-ring (bicyclic) bond motifs is 1. The van der Waals surface area contributed by atoms with Crippen LogP contribution in [0.2, 0.25) is 5.28 Å². The Morgan fingerprint density at radius 3 is 2.48 bits per heavy atom.